The van der Waals surface area contributed by atoms with E-state index >= 15 is 0 Å². The van der Waals surface area contributed by atoms with E-state index in [9.17, 15) is 22.8 Å². The highest BCUT2D eigenvalue weighted by Gasteiger charge is 2.22. The van der Waals surface area contributed by atoms with E-state index < -0.39 is 34.1 Å². The lowest BCUT2D eigenvalue weighted by Gasteiger charge is -2.11. The normalized spacial score (nSPS) is 11.1. The molecule has 2 N–H and O–H groups in total. The van der Waals surface area contributed by atoms with Crippen LogP contribution in [-0.4, -0.2) is 57.2 Å². The molecule has 1 aromatic heterocycles. The number of rotatable bonds is 11. The van der Waals surface area contributed by atoms with E-state index in [1.807, 2.05) is 11.6 Å². The van der Waals surface area contributed by atoms with Gasteiger partial charge in [-0.1, -0.05) is 11.6 Å². The van der Waals surface area contributed by atoms with Crippen molar-refractivity contribution in [2.45, 2.75) is 38.2 Å². The van der Waals surface area contributed by atoms with Crippen LogP contribution < -0.4 is 14.8 Å². The van der Waals surface area contributed by atoms with Crippen LogP contribution in [0, 0.1) is 0 Å². The summed E-state index contributed by atoms with van der Waals surface area (Å²) in [5, 5.41) is 2.68. The number of hydrogen-bond acceptors (Lipinski definition) is 9. The van der Waals surface area contributed by atoms with Gasteiger partial charge in [0.1, 0.15) is 0 Å². The molecule has 2 rings (SSSR count). The Morgan fingerprint density at radius 3 is 2.49 bits per heavy atom. The lowest BCUT2D eigenvalue weighted by Crippen LogP contribution is -2.31. The molecule has 2 amide bonds. The van der Waals surface area contributed by atoms with Gasteiger partial charge in [0.05, 0.1) is 27.1 Å². The van der Waals surface area contributed by atoms with Gasteiger partial charge in [0.2, 0.25) is 5.88 Å². The van der Waals surface area contributed by atoms with Crippen molar-refractivity contribution in [2.75, 3.05) is 19.8 Å². The largest absolute Gasteiger partial charge is 0.515 e. The van der Waals surface area contributed by atoms with Crippen molar-refractivity contribution < 1.29 is 37.0 Å². The highest BCUT2D eigenvalue weighted by atomic mass is 35.5. The first kappa shape index (κ1) is 28.0. The number of halogens is 1. The molecule has 0 saturated carbocycles. The lowest BCUT2D eigenvalue weighted by molar-refractivity contribution is 0.0715. The first-order valence-corrected chi connectivity index (χ1v) is 12.5. The molecule has 0 unspecified atom stereocenters. The molecule has 2 aromatic rings. The van der Waals surface area contributed by atoms with Crippen LogP contribution in [0.3, 0.4) is 0 Å². The molecule has 0 saturated heterocycles. The van der Waals surface area contributed by atoms with Gasteiger partial charge in [-0.05, 0) is 51.5 Å². The molecule has 13 heteroatoms. The fourth-order valence-corrected chi connectivity index (χ4v) is 3.78. The fraction of sp³-hybridized carbons (Fsp3) is 0.364. The number of sulfonamides is 1. The van der Waals surface area contributed by atoms with Crippen molar-refractivity contribution in [2.24, 2.45) is 0 Å². The SMILES string of the molecule is CCOCCCNC(=O)c1cc(S(=O)(=O)NC(=O)c2ccc(OC(=O)OC(C)C)nc2)ccc1Cl. The van der Waals surface area contributed by atoms with Crippen molar-refractivity contribution in [1.82, 2.24) is 15.0 Å². The van der Waals surface area contributed by atoms with Gasteiger partial charge in [0.25, 0.3) is 21.8 Å². The highest BCUT2D eigenvalue weighted by molar-refractivity contribution is 7.90. The number of amides is 2. The minimum absolute atomic E-state index is 0.0494. The molecule has 0 spiro atoms. The van der Waals surface area contributed by atoms with Crippen LogP contribution >= 0.6 is 11.6 Å². The molecule has 0 fully saturated rings. The Hall–Kier alpha value is -3.22. The number of hydrogen-bond donors (Lipinski definition) is 2. The zero-order valence-electron chi connectivity index (χ0n) is 19.4. The lowest BCUT2D eigenvalue weighted by atomic mass is 10.2. The van der Waals surface area contributed by atoms with E-state index in [4.69, 9.17) is 25.8 Å². The van der Waals surface area contributed by atoms with Gasteiger partial charge < -0.3 is 19.5 Å². The van der Waals surface area contributed by atoms with Crippen molar-refractivity contribution in [3.63, 3.8) is 0 Å². The molecule has 0 atom stereocenters. The summed E-state index contributed by atoms with van der Waals surface area (Å²) in [6.45, 7) is 6.48. The van der Waals surface area contributed by atoms with Gasteiger partial charge >= 0.3 is 6.16 Å². The van der Waals surface area contributed by atoms with Crippen LogP contribution in [0.2, 0.25) is 5.02 Å². The van der Waals surface area contributed by atoms with Crippen molar-refractivity contribution in [3.8, 4) is 5.88 Å². The van der Waals surface area contributed by atoms with Crippen LogP contribution in [-0.2, 0) is 19.5 Å². The maximum Gasteiger partial charge on any atom is 0.515 e. The first-order chi connectivity index (χ1) is 16.5. The highest BCUT2D eigenvalue weighted by Crippen LogP contribution is 2.21. The third kappa shape index (κ3) is 8.81. The van der Waals surface area contributed by atoms with E-state index in [0.717, 1.165) is 12.3 Å². The summed E-state index contributed by atoms with van der Waals surface area (Å²) < 4.78 is 42.2. The topological polar surface area (TPSA) is 150 Å². The molecular formula is C22H26ClN3O8S. The third-order valence-corrected chi connectivity index (χ3v) is 5.85. The first-order valence-electron chi connectivity index (χ1n) is 10.6. The number of carbonyl (C=O) groups is 3. The Morgan fingerprint density at radius 1 is 1.11 bits per heavy atom. The molecule has 0 aliphatic rings. The molecule has 190 valence electrons. The van der Waals surface area contributed by atoms with Crippen LogP contribution in [0.15, 0.2) is 41.4 Å². The van der Waals surface area contributed by atoms with Crippen molar-refractivity contribution in [1.29, 1.82) is 0 Å². The molecule has 1 aromatic carbocycles. The standard InChI is InChI=1S/C22H26ClN3O8S/c1-4-32-11-5-10-24-21(28)17-12-16(7-8-18(17)23)35(30,31)26-20(27)15-6-9-19(25-13-15)34-22(29)33-14(2)3/h6-9,12-14H,4-5,10-11H2,1-3H3,(H,24,28)(H,26,27). The number of nitrogens with one attached hydrogen (secondary N) is 2. The third-order valence-electron chi connectivity index (χ3n) is 4.19. The van der Waals surface area contributed by atoms with Crippen LogP contribution in [0.1, 0.15) is 47.9 Å². The van der Waals surface area contributed by atoms with Crippen molar-refractivity contribution in [3.05, 3.63) is 52.7 Å². The quantitative estimate of drug-likeness (QED) is 0.332. The summed E-state index contributed by atoms with van der Waals surface area (Å²) in [6, 6.07) is 5.92. The number of carbonyl (C=O) groups excluding carboxylic acids is 3. The summed E-state index contributed by atoms with van der Waals surface area (Å²) in [4.78, 5) is 39.8. The average Bonchev–Trinajstić information content (AvgIpc) is 2.78. The van der Waals surface area contributed by atoms with Crippen LogP contribution in [0.5, 0.6) is 5.88 Å². The summed E-state index contributed by atoms with van der Waals surface area (Å²) in [7, 11) is -4.35. The van der Waals surface area contributed by atoms with Gasteiger partial charge in [0.15, 0.2) is 0 Å². The summed E-state index contributed by atoms with van der Waals surface area (Å²) in [6.07, 6.45) is 0.246. The molecule has 0 aliphatic carbocycles. The fourth-order valence-electron chi connectivity index (χ4n) is 2.58. The Bertz CT molecular complexity index is 1150. The smallest absolute Gasteiger partial charge is 0.431 e. The second-order valence-corrected chi connectivity index (χ2v) is 9.38. The Kier molecular flexibility index (Phi) is 10.4. The second kappa shape index (κ2) is 13.0. The van der Waals surface area contributed by atoms with E-state index in [0.29, 0.717) is 26.2 Å². The van der Waals surface area contributed by atoms with E-state index in [-0.39, 0.29) is 26.9 Å². The summed E-state index contributed by atoms with van der Waals surface area (Å²) in [5.41, 5.74) is -0.172. The minimum Gasteiger partial charge on any atom is -0.431 e. The molecular weight excluding hydrogens is 502 g/mol. The number of pyridine rings is 1. The van der Waals surface area contributed by atoms with Gasteiger partial charge in [-0.2, -0.15) is 0 Å². The zero-order chi connectivity index (χ0) is 26.0. The Balaban J connectivity index is 2.07. The Morgan fingerprint density at radius 2 is 1.86 bits per heavy atom. The van der Waals surface area contributed by atoms with E-state index in [1.165, 1.54) is 24.3 Å². The van der Waals surface area contributed by atoms with Crippen LogP contribution in [0.25, 0.3) is 0 Å². The van der Waals surface area contributed by atoms with E-state index in [2.05, 4.69) is 10.3 Å². The molecule has 35 heavy (non-hydrogen) atoms. The minimum atomic E-state index is -4.35. The summed E-state index contributed by atoms with van der Waals surface area (Å²) in [5.74, 6) is -1.68. The monoisotopic (exact) mass is 527 g/mol. The van der Waals surface area contributed by atoms with Crippen LogP contribution in [0.4, 0.5) is 4.79 Å². The van der Waals surface area contributed by atoms with Gasteiger partial charge in [-0.3, -0.25) is 9.59 Å². The number of nitrogens with zero attached hydrogens (tertiary/aromatic N) is 1. The number of benzene rings is 1. The van der Waals surface area contributed by atoms with E-state index in [1.54, 1.807) is 13.8 Å². The van der Waals surface area contributed by atoms with Gasteiger partial charge in [-0.25, -0.2) is 22.9 Å². The summed E-state index contributed by atoms with van der Waals surface area (Å²) >= 11 is 6.06. The predicted octanol–water partition coefficient (Wildman–Crippen LogP) is 2.93. The molecule has 0 bridgehead atoms. The van der Waals surface area contributed by atoms with Gasteiger partial charge in [0, 0.05) is 32.0 Å². The second-order valence-electron chi connectivity index (χ2n) is 7.29. The molecule has 0 radical (unpaired) electrons. The number of ether oxygens (including phenoxy) is 3. The van der Waals surface area contributed by atoms with Crippen molar-refractivity contribution >= 4 is 39.6 Å². The number of aromatic nitrogens is 1. The maximum absolute atomic E-state index is 12.7. The molecule has 1 heterocycles. The Labute approximate surface area is 208 Å². The molecule has 0 aliphatic heterocycles. The van der Waals surface area contributed by atoms with Gasteiger partial charge in [-0.15, -0.1) is 0 Å². The predicted molar refractivity (Wildman–Crippen MR) is 126 cm³/mol. The average molecular weight is 528 g/mol. The maximum atomic E-state index is 12.7. The molecule has 11 nitrogen and oxygen atoms in total. The zero-order valence-corrected chi connectivity index (χ0v) is 20.9.